The van der Waals surface area contributed by atoms with E-state index in [0.29, 0.717) is 12.1 Å². The zero-order chi connectivity index (χ0) is 12.5. The summed E-state index contributed by atoms with van der Waals surface area (Å²) < 4.78 is 29.9. The van der Waals surface area contributed by atoms with Gasteiger partial charge in [0.15, 0.2) is 5.78 Å². The van der Waals surface area contributed by atoms with E-state index in [2.05, 4.69) is 4.74 Å². The van der Waals surface area contributed by atoms with E-state index in [0.717, 1.165) is 6.92 Å². The zero-order valence-corrected chi connectivity index (χ0v) is 8.07. The Labute approximate surface area is 88.5 Å². The molecule has 0 unspecified atom stereocenters. The molecular formula is C9H8F2O5. The molecule has 1 aromatic carbocycles. The lowest BCUT2D eigenvalue weighted by Gasteiger charge is -2.17. The Morgan fingerprint density at radius 1 is 1.31 bits per heavy atom. The van der Waals surface area contributed by atoms with Crippen molar-refractivity contribution in [1.82, 2.24) is 0 Å². The van der Waals surface area contributed by atoms with E-state index in [1.807, 2.05) is 0 Å². The summed E-state index contributed by atoms with van der Waals surface area (Å²) in [6.45, 7) is 0.969. The van der Waals surface area contributed by atoms with Crippen LogP contribution in [0.4, 0.5) is 8.78 Å². The number of benzene rings is 1. The fourth-order valence-electron chi connectivity index (χ4n) is 1.12. The van der Waals surface area contributed by atoms with Gasteiger partial charge in [-0.15, -0.1) is 0 Å². The van der Waals surface area contributed by atoms with E-state index in [-0.39, 0.29) is 0 Å². The van der Waals surface area contributed by atoms with E-state index in [9.17, 15) is 13.6 Å². The molecule has 0 heterocycles. The number of Topliss-reactive ketones (excluding diaryl/α,β-unsaturated/α-hetero) is 1. The van der Waals surface area contributed by atoms with Gasteiger partial charge in [0.25, 0.3) is 0 Å². The van der Waals surface area contributed by atoms with Crippen LogP contribution in [0.3, 0.4) is 0 Å². The maximum absolute atomic E-state index is 13.2. The number of hydrogen-bond donors (Lipinski definition) is 3. The number of halogens is 2. The summed E-state index contributed by atoms with van der Waals surface area (Å²) in [5, 5.41) is 25.5. The predicted molar refractivity (Wildman–Crippen MR) is 46.4 cm³/mol. The fourth-order valence-corrected chi connectivity index (χ4v) is 1.12. The average molecular weight is 234 g/mol. The second-order valence-corrected chi connectivity index (χ2v) is 2.99. The third-order valence-electron chi connectivity index (χ3n) is 1.62. The molecule has 1 rings (SSSR count). The summed E-state index contributed by atoms with van der Waals surface area (Å²) in [5.41, 5.74) is -0.692. The molecule has 0 radical (unpaired) electrons. The maximum Gasteiger partial charge on any atom is 0.453 e. The quantitative estimate of drug-likeness (QED) is 0.511. The van der Waals surface area contributed by atoms with Gasteiger partial charge in [0.05, 0.1) is 5.56 Å². The fraction of sp³-hybridized carbons (Fsp3) is 0.222. The number of carbonyl (C=O) groups is 1. The summed E-state index contributed by atoms with van der Waals surface area (Å²) in [5.74, 6) is -3.96. The molecule has 0 saturated carbocycles. The molecule has 16 heavy (non-hydrogen) atoms. The Balaban J connectivity index is 3.30. The monoisotopic (exact) mass is 234 g/mol. The molecule has 0 aromatic heterocycles. The number of ether oxygens (including phenoxy) is 1. The lowest BCUT2D eigenvalue weighted by Crippen LogP contribution is -2.35. The van der Waals surface area contributed by atoms with Gasteiger partial charge in [-0.05, 0) is 6.92 Å². The molecule has 0 saturated heterocycles. The number of ketones is 1. The van der Waals surface area contributed by atoms with Crippen LogP contribution in [0.2, 0.25) is 0 Å². The largest absolute Gasteiger partial charge is 0.453 e. The second-order valence-electron chi connectivity index (χ2n) is 2.99. The minimum atomic E-state index is -3.62. The van der Waals surface area contributed by atoms with E-state index in [1.165, 1.54) is 0 Å². The Bertz CT molecular complexity index is 425. The molecule has 7 heteroatoms. The van der Waals surface area contributed by atoms with Gasteiger partial charge >= 0.3 is 6.16 Å². The van der Waals surface area contributed by atoms with Crippen LogP contribution in [0.25, 0.3) is 0 Å². The molecular weight excluding hydrogens is 226 g/mol. The van der Waals surface area contributed by atoms with Crippen LogP contribution >= 0.6 is 0 Å². The predicted octanol–water partition coefficient (Wildman–Crippen LogP) is 0.134. The Kier molecular flexibility index (Phi) is 3.22. The van der Waals surface area contributed by atoms with E-state index in [4.69, 9.17) is 15.3 Å². The first-order chi connectivity index (χ1) is 7.20. The lowest BCUT2D eigenvalue weighted by molar-refractivity contribution is -0.419. The highest BCUT2D eigenvalue weighted by molar-refractivity contribution is 5.97. The molecule has 0 aliphatic rings. The third kappa shape index (κ3) is 2.96. The number of rotatable bonds is 3. The highest BCUT2D eigenvalue weighted by Crippen LogP contribution is 2.25. The molecule has 88 valence electrons. The van der Waals surface area contributed by atoms with Crippen LogP contribution in [-0.2, 0) is 0 Å². The van der Waals surface area contributed by atoms with Crippen molar-refractivity contribution < 1.29 is 33.6 Å². The van der Waals surface area contributed by atoms with Gasteiger partial charge in [-0.1, -0.05) is 0 Å². The summed E-state index contributed by atoms with van der Waals surface area (Å²) in [6, 6.07) is 0.967. The van der Waals surface area contributed by atoms with Crippen LogP contribution in [0.15, 0.2) is 12.1 Å². The van der Waals surface area contributed by atoms with Crippen molar-refractivity contribution in [1.29, 1.82) is 0 Å². The molecule has 0 aliphatic heterocycles. The smallest absolute Gasteiger partial charge is 0.416 e. The molecule has 0 amide bonds. The highest BCUT2D eigenvalue weighted by atomic mass is 19.1. The summed E-state index contributed by atoms with van der Waals surface area (Å²) in [4.78, 5) is 11.0. The topological polar surface area (TPSA) is 87.0 Å². The van der Waals surface area contributed by atoms with Crippen LogP contribution in [0.5, 0.6) is 5.75 Å². The van der Waals surface area contributed by atoms with Crippen molar-refractivity contribution in [2.75, 3.05) is 0 Å². The number of carbonyl (C=O) groups excluding carboxylic acids is 1. The Morgan fingerprint density at radius 3 is 2.31 bits per heavy atom. The zero-order valence-electron chi connectivity index (χ0n) is 8.07. The molecule has 5 nitrogen and oxygen atoms in total. The minimum Gasteiger partial charge on any atom is -0.416 e. The van der Waals surface area contributed by atoms with Crippen LogP contribution in [0, 0.1) is 11.6 Å². The molecule has 0 atom stereocenters. The minimum absolute atomic E-state index is 0.428. The van der Waals surface area contributed by atoms with Gasteiger partial charge < -0.3 is 20.1 Å². The van der Waals surface area contributed by atoms with Crippen molar-refractivity contribution in [2.24, 2.45) is 0 Å². The van der Waals surface area contributed by atoms with E-state index >= 15 is 0 Å². The maximum atomic E-state index is 13.2. The van der Waals surface area contributed by atoms with Gasteiger partial charge in [-0.25, -0.2) is 8.78 Å². The van der Waals surface area contributed by atoms with Gasteiger partial charge in [0.2, 0.25) is 0 Å². The molecule has 0 spiro atoms. The first-order valence-electron chi connectivity index (χ1n) is 4.07. The Hall–Kier alpha value is -1.57. The number of aliphatic hydroxyl groups is 3. The first kappa shape index (κ1) is 12.5. The number of hydrogen-bond acceptors (Lipinski definition) is 5. The summed E-state index contributed by atoms with van der Waals surface area (Å²) in [7, 11) is 0. The van der Waals surface area contributed by atoms with Crippen molar-refractivity contribution in [3.63, 3.8) is 0 Å². The standard InChI is InChI=1S/C9H8F2O5/c1-4(12)8-6(11)2-5(10)3-7(8)16-9(13,14)15/h2-3,13-15H,1H3. The van der Waals surface area contributed by atoms with Crippen molar-refractivity contribution in [3.8, 4) is 5.75 Å². The van der Waals surface area contributed by atoms with Crippen molar-refractivity contribution in [3.05, 3.63) is 29.3 Å². The van der Waals surface area contributed by atoms with Crippen LogP contribution in [-0.4, -0.2) is 27.3 Å². The third-order valence-corrected chi connectivity index (χ3v) is 1.62. The van der Waals surface area contributed by atoms with Crippen molar-refractivity contribution >= 4 is 5.78 Å². The lowest BCUT2D eigenvalue weighted by atomic mass is 10.1. The van der Waals surface area contributed by atoms with E-state index in [1.54, 1.807) is 0 Å². The molecule has 3 N–H and O–H groups in total. The molecule has 1 aromatic rings. The van der Waals surface area contributed by atoms with Crippen molar-refractivity contribution in [2.45, 2.75) is 13.1 Å². The summed E-state index contributed by atoms with van der Waals surface area (Å²) in [6.07, 6.45) is -3.62. The van der Waals surface area contributed by atoms with Crippen LogP contribution in [0.1, 0.15) is 17.3 Å². The van der Waals surface area contributed by atoms with E-state index < -0.39 is 34.9 Å². The highest BCUT2D eigenvalue weighted by Gasteiger charge is 2.26. The second kappa shape index (κ2) is 4.12. The van der Waals surface area contributed by atoms with Gasteiger partial charge in [0.1, 0.15) is 17.4 Å². The molecule has 0 fully saturated rings. The summed E-state index contributed by atoms with van der Waals surface area (Å²) >= 11 is 0. The molecule has 0 bridgehead atoms. The SMILES string of the molecule is CC(=O)c1c(F)cc(F)cc1OC(O)(O)O. The van der Waals surface area contributed by atoms with Crippen LogP contribution < -0.4 is 4.74 Å². The van der Waals surface area contributed by atoms with Gasteiger partial charge in [0, 0.05) is 12.1 Å². The van der Waals surface area contributed by atoms with Gasteiger partial charge in [-0.2, -0.15) is 0 Å². The first-order valence-corrected chi connectivity index (χ1v) is 4.07. The Morgan fingerprint density at radius 2 is 1.88 bits per heavy atom. The van der Waals surface area contributed by atoms with Gasteiger partial charge in [-0.3, -0.25) is 4.79 Å². The average Bonchev–Trinajstić information content (AvgIpc) is 1.96. The normalized spacial score (nSPS) is 11.4. The molecule has 0 aliphatic carbocycles.